The van der Waals surface area contributed by atoms with Crippen LogP contribution in [0.5, 0.6) is 0 Å². The Bertz CT molecular complexity index is 905. The van der Waals surface area contributed by atoms with Crippen molar-refractivity contribution in [3.8, 4) is 11.3 Å². The van der Waals surface area contributed by atoms with Gasteiger partial charge < -0.3 is 0 Å². The molecule has 0 fully saturated rings. The van der Waals surface area contributed by atoms with Crippen molar-refractivity contribution in [3.63, 3.8) is 0 Å². The highest BCUT2D eigenvalue weighted by Gasteiger charge is 2.21. The van der Waals surface area contributed by atoms with E-state index in [1.807, 2.05) is 36.4 Å². The number of fused-ring (bicyclic) bond motifs is 3. The lowest BCUT2D eigenvalue weighted by molar-refractivity contribution is 0.819. The lowest BCUT2D eigenvalue weighted by atomic mass is 10.1. The van der Waals surface area contributed by atoms with Gasteiger partial charge >= 0.3 is 0 Å². The molecule has 1 aliphatic rings. The van der Waals surface area contributed by atoms with Crippen molar-refractivity contribution >= 4 is 17.8 Å². The highest BCUT2D eigenvalue weighted by Crippen LogP contribution is 2.32. The van der Waals surface area contributed by atoms with E-state index in [9.17, 15) is 0 Å². The van der Waals surface area contributed by atoms with Gasteiger partial charge in [-0.25, -0.2) is 4.98 Å². The molecule has 0 aliphatic heterocycles. The Hall–Kier alpha value is -2.59. The molecule has 4 rings (SSSR count). The van der Waals surface area contributed by atoms with Crippen LogP contribution < -0.4 is 0 Å². The molecule has 1 aliphatic carbocycles. The lowest BCUT2D eigenvalue weighted by Crippen LogP contribution is -2.01. The van der Waals surface area contributed by atoms with E-state index >= 15 is 0 Å². The molecule has 3 aromatic rings. The Morgan fingerprint density at radius 2 is 1.87 bits per heavy atom. The molecular weight excluding hydrogens is 308 g/mol. The fraction of sp³-hybridized carbons (Fsp3) is 0.111. The zero-order valence-electron chi connectivity index (χ0n) is 12.3. The minimum Gasteiger partial charge on any atom is -0.284 e. The molecule has 0 atom stereocenters. The highest BCUT2D eigenvalue weighted by atomic mass is 35.5. The molecule has 2 aromatic carbocycles. The lowest BCUT2D eigenvalue weighted by Gasteiger charge is -2.00. The summed E-state index contributed by atoms with van der Waals surface area (Å²) in [6, 6.07) is 15.8. The third-order valence-corrected chi connectivity index (χ3v) is 4.15. The molecule has 1 heterocycles. The van der Waals surface area contributed by atoms with Gasteiger partial charge in [0, 0.05) is 28.8 Å². The summed E-state index contributed by atoms with van der Waals surface area (Å²) >= 11 is 6.10. The monoisotopic (exact) mass is 320 g/mol. The van der Waals surface area contributed by atoms with Crippen molar-refractivity contribution in [2.45, 2.75) is 13.0 Å². The minimum atomic E-state index is 0.391. The first-order valence-corrected chi connectivity index (χ1v) is 7.74. The zero-order chi connectivity index (χ0) is 15.6. The maximum atomic E-state index is 6.10. The minimum absolute atomic E-state index is 0.391. The average Bonchev–Trinajstić information content (AvgIpc) is 2.94. The second kappa shape index (κ2) is 5.89. The number of nitrogens with zero attached hydrogens (tertiary/aromatic N) is 4. The van der Waals surface area contributed by atoms with Crippen LogP contribution in [0.4, 0.5) is 0 Å². The number of rotatable bonds is 3. The van der Waals surface area contributed by atoms with Gasteiger partial charge in [0.25, 0.3) is 0 Å². The van der Waals surface area contributed by atoms with Crippen LogP contribution in [0.15, 0.2) is 53.5 Å². The average molecular weight is 321 g/mol. The maximum absolute atomic E-state index is 6.10. The largest absolute Gasteiger partial charge is 0.284 e. The number of halogens is 1. The Morgan fingerprint density at radius 1 is 1.04 bits per heavy atom. The maximum Gasteiger partial charge on any atom is 0.172 e. The summed E-state index contributed by atoms with van der Waals surface area (Å²) in [4.78, 5) is 8.97. The van der Waals surface area contributed by atoms with Crippen molar-refractivity contribution in [1.82, 2.24) is 15.2 Å². The molecule has 1 aromatic heterocycles. The van der Waals surface area contributed by atoms with Crippen molar-refractivity contribution in [2.75, 3.05) is 0 Å². The van der Waals surface area contributed by atoms with E-state index < -0.39 is 0 Å². The van der Waals surface area contributed by atoms with Gasteiger partial charge in [0.2, 0.25) is 0 Å². The van der Waals surface area contributed by atoms with E-state index in [1.54, 1.807) is 6.21 Å². The third-order valence-electron chi connectivity index (χ3n) is 3.80. The fourth-order valence-corrected chi connectivity index (χ4v) is 2.87. The smallest absolute Gasteiger partial charge is 0.172 e. The first kappa shape index (κ1) is 14.0. The van der Waals surface area contributed by atoms with Crippen LogP contribution in [-0.4, -0.2) is 21.4 Å². The van der Waals surface area contributed by atoms with Gasteiger partial charge in [0.05, 0.1) is 5.69 Å². The summed E-state index contributed by atoms with van der Waals surface area (Å²) in [5.41, 5.74) is 5.13. The van der Waals surface area contributed by atoms with Gasteiger partial charge in [-0.3, -0.25) is 4.99 Å². The summed E-state index contributed by atoms with van der Waals surface area (Å²) in [7, 11) is 0. The second-order valence-electron chi connectivity index (χ2n) is 5.35. The molecule has 23 heavy (non-hydrogen) atoms. The van der Waals surface area contributed by atoms with Crippen LogP contribution in [0.1, 0.15) is 22.6 Å². The summed E-state index contributed by atoms with van der Waals surface area (Å²) in [5, 5.41) is 9.21. The molecule has 4 nitrogen and oxygen atoms in total. The number of hydrogen-bond donors (Lipinski definition) is 0. The Labute approximate surface area is 138 Å². The molecule has 0 saturated heterocycles. The van der Waals surface area contributed by atoms with Crippen LogP contribution >= 0.6 is 11.6 Å². The van der Waals surface area contributed by atoms with E-state index in [0.29, 0.717) is 17.4 Å². The van der Waals surface area contributed by atoms with Crippen LogP contribution in [0.25, 0.3) is 11.3 Å². The number of aromatic nitrogens is 3. The normalized spacial score (nSPS) is 12.4. The van der Waals surface area contributed by atoms with Gasteiger partial charge in [0.1, 0.15) is 12.2 Å². The van der Waals surface area contributed by atoms with E-state index in [4.69, 9.17) is 11.6 Å². The fourth-order valence-electron chi connectivity index (χ4n) is 2.69. The first-order chi connectivity index (χ1) is 11.3. The van der Waals surface area contributed by atoms with Crippen molar-refractivity contribution in [1.29, 1.82) is 0 Å². The predicted molar refractivity (Wildman–Crippen MR) is 90.8 cm³/mol. The summed E-state index contributed by atoms with van der Waals surface area (Å²) in [6.07, 6.45) is 2.55. The molecule has 0 N–H and O–H groups in total. The van der Waals surface area contributed by atoms with Crippen LogP contribution in [-0.2, 0) is 13.0 Å². The number of benzene rings is 2. The Kier molecular flexibility index (Phi) is 3.60. The summed E-state index contributed by atoms with van der Waals surface area (Å²) < 4.78 is 0. The predicted octanol–water partition coefficient (Wildman–Crippen LogP) is 3.72. The highest BCUT2D eigenvalue weighted by molar-refractivity contribution is 6.33. The molecule has 0 amide bonds. The van der Waals surface area contributed by atoms with Gasteiger partial charge in [-0.2, -0.15) is 0 Å². The zero-order valence-corrected chi connectivity index (χ0v) is 13.0. The topological polar surface area (TPSA) is 51.0 Å². The van der Waals surface area contributed by atoms with E-state index in [2.05, 4.69) is 32.3 Å². The quantitative estimate of drug-likeness (QED) is 0.541. The molecule has 112 valence electrons. The van der Waals surface area contributed by atoms with Gasteiger partial charge in [-0.05, 0) is 11.6 Å². The van der Waals surface area contributed by atoms with Crippen LogP contribution in [0.2, 0.25) is 5.02 Å². The van der Waals surface area contributed by atoms with Crippen LogP contribution in [0, 0.1) is 0 Å². The van der Waals surface area contributed by atoms with Crippen molar-refractivity contribution < 1.29 is 0 Å². The SMILES string of the molecule is Clc1ccccc1C=NCc1nnc2c(n1)Cc1ccccc1-2. The molecule has 0 bridgehead atoms. The molecule has 0 unspecified atom stereocenters. The van der Waals surface area contributed by atoms with Gasteiger partial charge in [0.15, 0.2) is 5.82 Å². The number of hydrogen-bond acceptors (Lipinski definition) is 4. The summed E-state index contributed by atoms with van der Waals surface area (Å²) in [5.74, 6) is 0.625. The van der Waals surface area contributed by atoms with Crippen molar-refractivity contribution in [2.24, 2.45) is 4.99 Å². The summed E-state index contributed by atoms with van der Waals surface area (Å²) in [6.45, 7) is 0.391. The Morgan fingerprint density at radius 3 is 2.78 bits per heavy atom. The first-order valence-electron chi connectivity index (χ1n) is 7.36. The molecule has 0 spiro atoms. The second-order valence-corrected chi connectivity index (χ2v) is 5.76. The molecule has 5 heteroatoms. The van der Waals surface area contributed by atoms with Crippen LogP contribution in [0.3, 0.4) is 0 Å². The van der Waals surface area contributed by atoms with Crippen molar-refractivity contribution in [3.05, 3.63) is 76.2 Å². The van der Waals surface area contributed by atoms with E-state index in [1.165, 1.54) is 5.56 Å². The third kappa shape index (κ3) is 2.73. The van der Waals surface area contributed by atoms with Gasteiger partial charge in [-0.1, -0.05) is 54.1 Å². The Balaban J connectivity index is 1.54. The molecule has 0 radical (unpaired) electrons. The van der Waals surface area contributed by atoms with Gasteiger partial charge in [-0.15, -0.1) is 10.2 Å². The standard InChI is InChI=1S/C18H13ClN4/c19-15-8-4-2-6-13(15)10-20-11-17-21-16-9-12-5-1-3-7-14(12)18(16)23-22-17/h1-8,10H,9,11H2. The number of aliphatic imine (C=N–C) groups is 1. The van der Waals surface area contributed by atoms with E-state index in [-0.39, 0.29) is 0 Å². The molecular formula is C18H13ClN4. The van der Waals surface area contributed by atoms with E-state index in [0.717, 1.165) is 28.9 Å². The molecule has 0 saturated carbocycles.